The predicted molar refractivity (Wildman–Crippen MR) is 123 cm³/mol. The van der Waals surface area contributed by atoms with Crippen LogP contribution >= 0.6 is 11.3 Å². The van der Waals surface area contributed by atoms with Gasteiger partial charge in [0.1, 0.15) is 10.8 Å². The summed E-state index contributed by atoms with van der Waals surface area (Å²) in [6.45, 7) is 5.30. The van der Waals surface area contributed by atoms with Crippen molar-refractivity contribution in [1.82, 2.24) is 4.98 Å². The largest absolute Gasteiger partial charge is 0.494 e. The molecule has 0 amide bonds. The van der Waals surface area contributed by atoms with Gasteiger partial charge in [0, 0.05) is 5.56 Å². The second-order valence-electron chi connectivity index (χ2n) is 7.57. The van der Waals surface area contributed by atoms with Crippen LogP contribution in [0.2, 0.25) is 0 Å². The first kappa shape index (κ1) is 20.9. The van der Waals surface area contributed by atoms with Crippen molar-refractivity contribution in [2.24, 2.45) is 0 Å². The Kier molecular flexibility index (Phi) is 8.35. The Labute approximate surface area is 174 Å². The van der Waals surface area contributed by atoms with Gasteiger partial charge >= 0.3 is 0 Å². The van der Waals surface area contributed by atoms with Crippen LogP contribution in [0.5, 0.6) is 5.75 Å². The minimum atomic E-state index is 0.807. The van der Waals surface area contributed by atoms with Gasteiger partial charge in [-0.2, -0.15) is 0 Å². The third kappa shape index (κ3) is 6.07. The van der Waals surface area contributed by atoms with E-state index >= 15 is 0 Å². The standard InChI is InChI=1S/C25H33NOS/c1-3-5-7-9-11-20-12-17-23-24(19-20)28-25(26-23)21-13-15-22(16-14-21)27-18-10-8-6-4-2/h12-17,19H,3-11,18H2,1-2H3. The van der Waals surface area contributed by atoms with Crippen LogP contribution in [0.4, 0.5) is 0 Å². The van der Waals surface area contributed by atoms with Crippen LogP contribution in [-0.2, 0) is 6.42 Å². The van der Waals surface area contributed by atoms with Gasteiger partial charge in [0.2, 0.25) is 0 Å². The second kappa shape index (κ2) is 11.2. The van der Waals surface area contributed by atoms with Crippen molar-refractivity contribution in [2.75, 3.05) is 6.61 Å². The van der Waals surface area contributed by atoms with E-state index in [2.05, 4.69) is 56.3 Å². The molecule has 0 saturated heterocycles. The Morgan fingerprint density at radius 2 is 1.57 bits per heavy atom. The first-order chi connectivity index (χ1) is 13.8. The quantitative estimate of drug-likeness (QED) is 0.289. The van der Waals surface area contributed by atoms with Crippen molar-refractivity contribution in [2.45, 2.75) is 71.6 Å². The van der Waals surface area contributed by atoms with E-state index in [1.54, 1.807) is 11.3 Å². The number of hydrogen-bond acceptors (Lipinski definition) is 3. The van der Waals surface area contributed by atoms with Gasteiger partial charge in [-0.05, 0) is 61.2 Å². The maximum Gasteiger partial charge on any atom is 0.124 e. The minimum absolute atomic E-state index is 0.807. The van der Waals surface area contributed by atoms with Crippen molar-refractivity contribution in [1.29, 1.82) is 0 Å². The Balaban J connectivity index is 1.59. The summed E-state index contributed by atoms with van der Waals surface area (Å²) >= 11 is 1.79. The third-order valence-corrected chi connectivity index (χ3v) is 6.21. The number of hydrogen-bond donors (Lipinski definition) is 0. The van der Waals surface area contributed by atoms with E-state index < -0.39 is 0 Å². The lowest BCUT2D eigenvalue weighted by molar-refractivity contribution is 0.305. The lowest BCUT2D eigenvalue weighted by Crippen LogP contribution is -1.96. The number of unbranched alkanes of at least 4 members (excludes halogenated alkanes) is 6. The van der Waals surface area contributed by atoms with Gasteiger partial charge in [-0.15, -0.1) is 11.3 Å². The summed E-state index contributed by atoms with van der Waals surface area (Å²) in [5.41, 5.74) is 3.71. The maximum atomic E-state index is 5.86. The molecule has 0 aliphatic rings. The summed E-state index contributed by atoms with van der Waals surface area (Å²) in [7, 11) is 0. The highest BCUT2D eigenvalue weighted by Gasteiger charge is 2.07. The van der Waals surface area contributed by atoms with Crippen LogP contribution in [0.3, 0.4) is 0 Å². The van der Waals surface area contributed by atoms with Gasteiger partial charge in [-0.3, -0.25) is 0 Å². The molecular formula is C25H33NOS. The second-order valence-corrected chi connectivity index (χ2v) is 8.60. The van der Waals surface area contributed by atoms with Crippen molar-refractivity contribution >= 4 is 21.6 Å². The number of ether oxygens (including phenoxy) is 1. The van der Waals surface area contributed by atoms with Crippen molar-refractivity contribution in [3.63, 3.8) is 0 Å². The molecule has 0 aliphatic carbocycles. The molecule has 3 heteroatoms. The number of aromatic nitrogens is 1. The molecule has 0 saturated carbocycles. The molecule has 0 fully saturated rings. The van der Waals surface area contributed by atoms with Crippen LogP contribution in [-0.4, -0.2) is 11.6 Å². The zero-order valence-electron chi connectivity index (χ0n) is 17.4. The maximum absolute atomic E-state index is 5.86. The van der Waals surface area contributed by atoms with E-state index in [0.717, 1.165) is 29.3 Å². The number of nitrogens with zero attached hydrogens (tertiary/aromatic N) is 1. The Hall–Kier alpha value is -1.87. The van der Waals surface area contributed by atoms with Crippen LogP contribution in [0, 0.1) is 0 Å². The molecule has 0 atom stereocenters. The van der Waals surface area contributed by atoms with Gasteiger partial charge in [0.05, 0.1) is 16.8 Å². The van der Waals surface area contributed by atoms with Gasteiger partial charge in [-0.1, -0.05) is 58.4 Å². The van der Waals surface area contributed by atoms with Gasteiger partial charge < -0.3 is 4.74 Å². The summed E-state index contributed by atoms with van der Waals surface area (Å²) in [4.78, 5) is 4.84. The fourth-order valence-electron chi connectivity index (χ4n) is 3.42. The summed E-state index contributed by atoms with van der Waals surface area (Å²) in [6.07, 6.45) is 11.4. The van der Waals surface area contributed by atoms with Crippen LogP contribution < -0.4 is 4.74 Å². The highest BCUT2D eigenvalue weighted by Crippen LogP contribution is 2.32. The molecular weight excluding hydrogens is 362 g/mol. The van der Waals surface area contributed by atoms with E-state index in [1.807, 2.05) is 0 Å². The van der Waals surface area contributed by atoms with Crippen LogP contribution in [0.1, 0.15) is 70.8 Å². The molecule has 150 valence electrons. The predicted octanol–water partition coefficient (Wildman–Crippen LogP) is 8.05. The smallest absolute Gasteiger partial charge is 0.124 e. The molecule has 0 spiro atoms. The van der Waals surface area contributed by atoms with Crippen LogP contribution in [0.25, 0.3) is 20.8 Å². The average Bonchev–Trinajstić information content (AvgIpc) is 3.15. The Morgan fingerprint density at radius 1 is 0.821 bits per heavy atom. The van der Waals surface area contributed by atoms with E-state index in [1.165, 1.54) is 67.2 Å². The third-order valence-electron chi connectivity index (χ3n) is 5.14. The molecule has 3 aromatic rings. The topological polar surface area (TPSA) is 22.1 Å². The zero-order chi connectivity index (χ0) is 19.6. The molecule has 1 aromatic heterocycles. The van der Waals surface area contributed by atoms with Crippen molar-refractivity contribution in [3.05, 3.63) is 48.0 Å². The summed E-state index contributed by atoms with van der Waals surface area (Å²) in [5, 5.41) is 1.09. The number of aryl methyl sites for hydroxylation is 1. The fourth-order valence-corrected chi connectivity index (χ4v) is 4.45. The molecule has 2 aromatic carbocycles. The summed E-state index contributed by atoms with van der Waals surface area (Å²) in [6, 6.07) is 15.2. The van der Waals surface area contributed by atoms with Gasteiger partial charge in [-0.25, -0.2) is 4.98 Å². The normalized spacial score (nSPS) is 11.2. The minimum Gasteiger partial charge on any atom is -0.494 e. The number of rotatable bonds is 12. The van der Waals surface area contributed by atoms with Crippen molar-refractivity contribution in [3.8, 4) is 16.3 Å². The van der Waals surface area contributed by atoms with E-state index in [-0.39, 0.29) is 0 Å². The number of thiazole rings is 1. The lowest BCUT2D eigenvalue weighted by atomic mass is 10.1. The monoisotopic (exact) mass is 395 g/mol. The summed E-state index contributed by atoms with van der Waals surface area (Å²) < 4.78 is 7.15. The molecule has 28 heavy (non-hydrogen) atoms. The highest BCUT2D eigenvalue weighted by atomic mass is 32.1. The van der Waals surface area contributed by atoms with Crippen molar-refractivity contribution < 1.29 is 4.74 Å². The van der Waals surface area contributed by atoms with E-state index in [4.69, 9.17) is 9.72 Å². The van der Waals surface area contributed by atoms with Gasteiger partial charge in [0.25, 0.3) is 0 Å². The van der Waals surface area contributed by atoms with Crippen LogP contribution in [0.15, 0.2) is 42.5 Å². The van der Waals surface area contributed by atoms with Gasteiger partial charge in [0.15, 0.2) is 0 Å². The Bertz CT molecular complexity index is 837. The number of fused-ring (bicyclic) bond motifs is 1. The lowest BCUT2D eigenvalue weighted by Gasteiger charge is -2.06. The first-order valence-electron chi connectivity index (χ1n) is 10.9. The zero-order valence-corrected chi connectivity index (χ0v) is 18.2. The number of benzene rings is 2. The first-order valence-corrected chi connectivity index (χ1v) is 11.7. The molecule has 1 heterocycles. The molecule has 0 N–H and O–H groups in total. The molecule has 0 bridgehead atoms. The molecule has 3 rings (SSSR count). The van der Waals surface area contributed by atoms with E-state index in [0.29, 0.717) is 0 Å². The molecule has 0 radical (unpaired) electrons. The SMILES string of the molecule is CCCCCCOc1ccc(-c2nc3ccc(CCCCCC)cc3s2)cc1. The molecule has 2 nitrogen and oxygen atoms in total. The average molecular weight is 396 g/mol. The summed E-state index contributed by atoms with van der Waals surface area (Å²) in [5.74, 6) is 0.954. The molecule has 0 unspecified atom stereocenters. The fraction of sp³-hybridized carbons (Fsp3) is 0.480. The molecule has 0 aliphatic heterocycles. The Morgan fingerprint density at radius 3 is 2.32 bits per heavy atom. The highest BCUT2D eigenvalue weighted by molar-refractivity contribution is 7.21. The van der Waals surface area contributed by atoms with E-state index in [9.17, 15) is 0 Å².